The number of nitrogens with zero attached hydrogens (tertiary/aromatic N) is 2. The first-order valence-electron chi connectivity index (χ1n) is 33.4. The van der Waals surface area contributed by atoms with E-state index in [1.807, 2.05) is 53.7 Å². The molecule has 0 spiro atoms. The second-order valence-electron chi connectivity index (χ2n) is 30.0. The Hall–Kier alpha value is -9.64. The van der Waals surface area contributed by atoms with E-state index in [1.165, 1.54) is 66.9 Å². The van der Waals surface area contributed by atoms with Crippen molar-refractivity contribution in [2.75, 3.05) is 42.4 Å². The van der Waals surface area contributed by atoms with Gasteiger partial charge in [0, 0.05) is 74.0 Å². The van der Waals surface area contributed by atoms with Crippen molar-refractivity contribution >= 4 is 67.5 Å². The molecule has 11 N–H and O–H groups in total. The van der Waals surface area contributed by atoms with Crippen LogP contribution in [0.4, 0.5) is 43.4 Å². The Morgan fingerprint density at radius 1 is 0.544 bits per heavy atom. The van der Waals surface area contributed by atoms with Crippen molar-refractivity contribution in [3.8, 4) is 28.7 Å². The van der Waals surface area contributed by atoms with Crippen molar-refractivity contribution in [3.05, 3.63) is 176 Å². The van der Waals surface area contributed by atoms with Crippen LogP contribution in [-0.4, -0.2) is 119 Å². The Bertz CT molecular complexity index is 4660. The van der Waals surface area contributed by atoms with Crippen LogP contribution in [0.5, 0.6) is 28.7 Å². The monoisotopic (exact) mass is 1430 g/mol. The summed E-state index contributed by atoms with van der Waals surface area (Å²) in [6, 6.07) is 27.8. The molecule has 0 radical (unpaired) electrons. The maximum absolute atomic E-state index is 15.2. The van der Waals surface area contributed by atoms with Gasteiger partial charge in [0.15, 0.2) is 23.0 Å². The van der Waals surface area contributed by atoms with Gasteiger partial charge < -0.3 is 84.8 Å². The van der Waals surface area contributed by atoms with Crippen LogP contribution in [0.15, 0.2) is 120 Å². The summed E-state index contributed by atoms with van der Waals surface area (Å²) in [5.74, 6) is -3.37. The molecule has 0 saturated heterocycles. The molecule has 2 atom stereocenters. The SMILES string of the molecule is CC(C)(C)c1cc(C(C)(C)C)c(NC(=O)c2c[nH]c3ccccc3c2=O)cc1O.CC(C)(CO)c1cc2cc(NC(=O)C3(c4ccc5c(c4)OC(F)(F)O5)CC3)c(F)cc2n1C[C@@H](O)CO.CC(C)(CO)c1cc2cc(NC(=O)C3(c4ccc5c(c4)OC(F)(F)O5)CC3)c(F)cc2n1C[C@@H](O)CO. The van der Waals surface area contributed by atoms with Gasteiger partial charge in [-0.25, -0.2) is 8.78 Å². The zero-order valence-electron chi connectivity index (χ0n) is 58.3. The third kappa shape index (κ3) is 15.0. The molecule has 0 bridgehead atoms. The number of pyridine rings is 1. The molecule has 2 aliphatic heterocycles. The number of rotatable bonds is 18. The number of phenols is 1. The molecule has 2 fully saturated rings. The third-order valence-corrected chi connectivity index (χ3v) is 19.2. The van der Waals surface area contributed by atoms with E-state index in [1.54, 1.807) is 73.2 Å². The Morgan fingerprint density at radius 3 is 1.38 bits per heavy atom. The summed E-state index contributed by atoms with van der Waals surface area (Å²) < 4.78 is 105. The number of carbonyl (C=O) groups is 3. The number of fused-ring (bicyclic) bond motifs is 5. The average Bonchev–Trinajstić information content (AvgIpc) is 1.61. The largest absolute Gasteiger partial charge is 0.586 e. The summed E-state index contributed by atoms with van der Waals surface area (Å²) in [5.41, 5.74) is 1.46. The molecule has 27 heteroatoms. The highest BCUT2D eigenvalue weighted by Crippen LogP contribution is 2.54. The van der Waals surface area contributed by atoms with Crippen molar-refractivity contribution < 1.29 is 95.4 Å². The van der Waals surface area contributed by atoms with Gasteiger partial charge in [0.1, 0.15) is 22.9 Å². The van der Waals surface area contributed by atoms with E-state index < -0.39 is 89.0 Å². The quantitative estimate of drug-likeness (QED) is 0.0356. The second kappa shape index (κ2) is 27.2. The summed E-state index contributed by atoms with van der Waals surface area (Å²) in [6.07, 6.45) is -6.51. The lowest BCUT2D eigenvalue weighted by atomic mass is 9.79. The van der Waals surface area contributed by atoms with Gasteiger partial charge in [-0.3, -0.25) is 19.2 Å². The minimum absolute atomic E-state index is 0.0177. The van der Waals surface area contributed by atoms with Gasteiger partial charge in [0.2, 0.25) is 17.2 Å². The molecule has 103 heavy (non-hydrogen) atoms. The number of amides is 3. The first-order chi connectivity index (χ1) is 48.2. The van der Waals surface area contributed by atoms with Gasteiger partial charge in [-0.2, -0.15) is 0 Å². The third-order valence-electron chi connectivity index (χ3n) is 19.2. The van der Waals surface area contributed by atoms with Crippen molar-refractivity contribution in [1.29, 1.82) is 0 Å². The number of carbonyl (C=O) groups excluding carboxylic acids is 3. The van der Waals surface area contributed by atoms with Gasteiger partial charge in [0.05, 0.1) is 85.0 Å². The molecule has 21 nitrogen and oxygen atoms in total. The molecule has 3 amide bonds. The number of nitrogens with one attached hydrogen (secondary N) is 4. The summed E-state index contributed by atoms with van der Waals surface area (Å²) in [5, 5.41) is 78.8. The molecular formula is C76H82F6N6O15. The van der Waals surface area contributed by atoms with Crippen LogP contribution < -0.4 is 40.3 Å². The minimum Gasteiger partial charge on any atom is -0.508 e. The molecule has 3 aromatic heterocycles. The molecule has 9 aromatic rings. The molecule has 5 heterocycles. The normalized spacial score (nSPS) is 16.5. The summed E-state index contributed by atoms with van der Waals surface area (Å²) in [7, 11) is 0. The van der Waals surface area contributed by atoms with Crippen molar-refractivity contribution in [2.24, 2.45) is 0 Å². The Kier molecular flexibility index (Phi) is 19.7. The predicted molar refractivity (Wildman–Crippen MR) is 373 cm³/mol. The maximum Gasteiger partial charge on any atom is 0.586 e. The lowest BCUT2D eigenvalue weighted by Crippen LogP contribution is -2.29. The van der Waals surface area contributed by atoms with Gasteiger partial charge in [-0.05, 0) is 125 Å². The number of hydrogen-bond donors (Lipinski definition) is 11. The summed E-state index contributed by atoms with van der Waals surface area (Å²) in [4.78, 5) is 55.3. The number of alkyl halides is 4. The molecule has 548 valence electrons. The number of aromatic amines is 1. The average molecular weight is 1430 g/mol. The highest BCUT2D eigenvalue weighted by molar-refractivity contribution is 6.07. The molecule has 13 rings (SSSR count). The van der Waals surface area contributed by atoms with Crippen molar-refractivity contribution in [1.82, 2.24) is 14.1 Å². The van der Waals surface area contributed by atoms with Crippen LogP contribution >= 0.6 is 0 Å². The number of ether oxygens (including phenoxy) is 4. The molecule has 6 aromatic carbocycles. The Balaban J connectivity index is 0.000000156. The van der Waals surface area contributed by atoms with Gasteiger partial charge >= 0.3 is 12.6 Å². The molecule has 2 saturated carbocycles. The maximum atomic E-state index is 15.2. The highest BCUT2D eigenvalue weighted by atomic mass is 19.3. The zero-order valence-corrected chi connectivity index (χ0v) is 58.3. The number of benzene rings is 6. The summed E-state index contributed by atoms with van der Waals surface area (Å²) >= 11 is 0. The van der Waals surface area contributed by atoms with Crippen LogP contribution in [0.3, 0.4) is 0 Å². The van der Waals surface area contributed by atoms with Crippen LogP contribution in [0.25, 0.3) is 32.7 Å². The van der Waals surface area contributed by atoms with Crippen LogP contribution in [0, 0.1) is 11.6 Å². The molecule has 4 aliphatic rings. The van der Waals surface area contributed by atoms with E-state index in [0.29, 0.717) is 86.6 Å². The molecule has 0 unspecified atom stereocenters. The van der Waals surface area contributed by atoms with Gasteiger partial charge in [-0.1, -0.05) is 93.5 Å². The number of anilines is 3. The zero-order chi connectivity index (χ0) is 75.1. The predicted octanol–water partition coefficient (Wildman–Crippen LogP) is 11.9. The fourth-order valence-electron chi connectivity index (χ4n) is 12.9. The van der Waals surface area contributed by atoms with Gasteiger partial charge in [-0.15, -0.1) is 17.6 Å². The van der Waals surface area contributed by atoms with Gasteiger partial charge in [0.25, 0.3) is 5.91 Å². The number of hydrogen-bond acceptors (Lipinski definition) is 15. The highest BCUT2D eigenvalue weighted by Gasteiger charge is 2.55. The van der Waals surface area contributed by atoms with Crippen molar-refractivity contribution in [2.45, 2.75) is 165 Å². The Labute approximate surface area is 587 Å². The van der Waals surface area contributed by atoms with E-state index >= 15 is 8.78 Å². The molecule has 2 aliphatic carbocycles. The fraction of sp³-hybridized carbons (Fsp3) is 0.395. The van der Waals surface area contributed by atoms with Crippen LogP contribution in [-0.2, 0) is 55.2 Å². The first kappa shape index (κ1) is 74.5. The number of aliphatic hydroxyl groups is 6. The number of phenolic OH excluding ortho intramolecular Hbond substituents is 1. The summed E-state index contributed by atoms with van der Waals surface area (Å²) in [6.45, 7) is 17.9. The number of aromatic hydroxyl groups is 1. The van der Waals surface area contributed by atoms with E-state index in [2.05, 4.69) is 39.9 Å². The smallest absolute Gasteiger partial charge is 0.508 e. The van der Waals surface area contributed by atoms with E-state index in [0.717, 1.165) is 11.1 Å². The second-order valence-corrected chi connectivity index (χ2v) is 30.0. The number of aromatic nitrogens is 3. The minimum atomic E-state index is -3.77. The fourth-order valence-corrected chi connectivity index (χ4v) is 12.9. The number of H-pyrrole nitrogens is 1. The van der Waals surface area contributed by atoms with E-state index in [9.17, 15) is 72.5 Å². The van der Waals surface area contributed by atoms with Crippen LogP contribution in [0.2, 0.25) is 0 Å². The number of para-hydroxylation sites is 1. The number of halogens is 6. The molecular weight excluding hydrogens is 1350 g/mol. The lowest BCUT2D eigenvalue weighted by Gasteiger charge is -2.28. The Morgan fingerprint density at radius 2 is 0.971 bits per heavy atom. The standard InChI is InChI=1S/2C26H27F3N2O6.C24H28N2O3/c2*1-24(2,13-33)22-8-14-7-18(17(27)10-19(14)31(22)11-16(34)12-32)30-23(35)25(5-6-25)15-3-4-20-21(9-15)37-26(28,29)36-20;1-23(2,3)16-11-17(24(4,5)6)20(27)12-19(16)26-22(29)15-13-25-18-10-8-7-9-14(18)21(15)28/h2*3-4,7-10,16,32-34H,5-6,11-13H2,1-2H3,(H,30,35);7-13,27H,1-6H3,(H,25,28)(H,26,29)/t2*16-;/m11./s1. The van der Waals surface area contributed by atoms with E-state index in [-0.39, 0.29) is 88.2 Å². The van der Waals surface area contributed by atoms with E-state index in [4.69, 9.17) is 0 Å². The van der Waals surface area contributed by atoms with Crippen molar-refractivity contribution in [3.63, 3.8) is 0 Å². The number of aliphatic hydroxyl groups excluding tert-OH is 6. The topological polar surface area (TPSA) is 309 Å². The lowest BCUT2D eigenvalue weighted by molar-refractivity contribution is -0.287. The first-order valence-corrected chi connectivity index (χ1v) is 33.4. The van der Waals surface area contributed by atoms with Crippen LogP contribution in [0.1, 0.15) is 139 Å².